The van der Waals surface area contributed by atoms with Crippen molar-refractivity contribution in [3.8, 4) is 0 Å². The molecule has 27 heavy (non-hydrogen) atoms. The molecule has 4 rings (SSSR count). The van der Waals surface area contributed by atoms with E-state index < -0.39 is 5.97 Å². The highest BCUT2D eigenvalue weighted by Gasteiger charge is 2.27. The molecule has 0 spiro atoms. The molecular weight excluding hydrogens is 342 g/mol. The van der Waals surface area contributed by atoms with Gasteiger partial charge in [-0.2, -0.15) is 0 Å². The number of carboxylic acid groups (broad SMARTS) is 1. The van der Waals surface area contributed by atoms with Gasteiger partial charge in [0.15, 0.2) is 11.5 Å². The average Bonchev–Trinajstić information content (AvgIpc) is 2.98. The Morgan fingerprint density at radius 3 is 2.63 bits per heavy atom. The molecule has 0 bridgehead atoms. The highest BCUT2D eigenvalue weighted by molar-refractivity contribution is 5.90. The molecule has 0 saturated heterocycles. The van der Waals surface area contributed by atoms with Crippen molar-refractivity contribution in [1.29, 1.82) is 0 Å². The van der Waals surface area contributed by atoms with E-state index in [1.807, 2.05) is 0 Å². The van der Waals surface area contributed by atoms with Gasteiger partial charge in [-0.3, -0.25) is 0 Å². The lowest BCUT2D eigenvalue weighted by Gasteiger charge is -2.32. The van der Waals surface area contributed by atoms with E-state index in [4.69, 9.17) is 0 Å². The summed E-state index contributed by atoms with van der Waals surface area (Å²) in [6.07, 6.45) is 10.5. The Bertz CT molecular complexity index is 821. The fraction of sp³-hybridized carbons (Fsp3) is 0.700. The van der Waals surface area contributed by atoms with E-state index in [0.29, 0.717) is 23.3 Å². The topological polar surface area (TPSA) is 92.9 Å². The van der Waals surface area contributed by atoms with Crippen LogP contribution >= 0.6 is 0 Å². The molecule has 7 nitrogen and oxygen atoms in total. The Labute approximate surface area is 159 Å². The summed E-state index contributed by atoms with van der Waals surface area (Å²) >= 11 is 0. The summed E-state index contributed by atoms with van der Waals surface area (Å²) in [6, 6.07) is 0.261. The minimum atomic E-state index is -1.12. The number of hydrogen-bond donors (Lipinski definition) is 2. The maximum absolute atomic E-state index is 11.5. The average molecular weight is 371 g/mol. The van der Waals surface area contributed by atoms with Crippen molar-refractivity contribution in [1.82, 2.24) is 19.5 Å². The number of carboxylic acids is 1. The van der Waals surface area contributed by atoms with Crippen LogP contribution < -0.4 is 5.32 Å². The molecule has 0 aliphatic heterocycles. The van der Waals surface area contributed by atoms with E-state index in [0.717, 1.165) is 18.0 Å². The van der Waals surface area contributed by atoms with Crippen LogP contribution in [0.15, 0.2) is 6.33 Å². The van der Waals surface area contributed by atoms with Gasteiger partial charge in [-0.15, -0.1) is 0 Å². The number of fused-ring (bicyclic) bond motifs is 1. The molecule has 2 aromatic rings. The van der Waals surface area contributed by atoms with E-state index in [1.54, 1.807) is 6.33 Å². The molecule has 0 unspecified atom stereocenters. The van der Waals surface area contributed by atoms with Crippen LogP contribution in [0.5, 0.6) is 0 Å². The first-order chi connectivity index (χ1) is 13.0. The normalized spacial score (nSPS) is 24.5. The highest BCUT2D eigenvalue weighted by atomic mass is 16.4. The Morgan fingerprint density at radius 2 is 2.00 bits per heavy atom. The first-order valence-corrected chi connectivity index (χ1v) is 10.2. The van der Waals surface area contributed by atoms with Gasteiger partial charge in [-0.25, -0.2) is 19.7 Å². The monoisotopic (exact) mass is 371 g/mol. The lowest BCUT2D eigenvalue weighted by molar-refractivity contribution is 0.0684. The van der Waals surface area contributed by atoms with Gasteiger partial charge in [0.05, 0.1) is 6.33 Å². The van der Waals surface area contributed by atoms with Gasteiger partial charge in [-0.05, 0) is 50.4 Å². The zero-order chi connectivity index (χ0) is 19.0. The standard InChI is InChI=1S/C20H29N5O2/c1-12-6-8-14(9-7-12)10-25-11-21-17-16(25)18(24-19(23-17)20(26)27)22-13(2)15-4-3-5-15/h11-15H,3-10H2,1-2H3,(H,26,27)(H,22,23,24)/t12?,13-,14?/m1/s1. The van der Waals surface area contributed by atoms with E-state index in [-0.39, 0.29) is 11.9 Å². The molecule has 146 valence electrons. The summed E-state index contributed by atoms with van der Waals surface area (Å²) in [6.45, 7) is 5.38. The first kappa shape index (κ1) is 18.2. The lowest BCUT2D eigenvalue weighted by Crippen LogP contribution is -2.31. The number of rotatable bonds is 6. The van der Waals surface area contributed by atoms with Gasteiger partial charge < -0.3 is 15.0 Å². The molecule has 2 aliphatic rings. The van der Waals surface area contributed by atoms with Crippen molar-refractivity contribution in [2.75, 3.05) is 5.32 Å². The quantitative estimate of drug-likeness (QED) is 0.798. The summed E-state index contributed by atoms with van der Waals surface area (Å²) in [7, 11) is 0. The van der Waals surface area contributed by atoms with Gasteiger partial charge in [0.2, 0.25) is 5.82 Å². The molecule has 2 saturated carbocycles. The predicted molar refractivity (Wildman–Crippen MR) is 104 cm³/mol. The number of hydrogen-bond acceptors (Lipinski definition) is 5. The van der Waals surface area contributed by atoms with Crippen LogP contribution in [-0.4, -0.2) is 36.6 Å². The molecule has 0 amide bonds. The number of nitrogens with one attached hydrogen (secondary N) is 1. The second-order valence-electron chi connectivity index (χ2n) is 8.52. The highest BCUT2D eigenvalue weighted by Crippen LogP contribution is 2.33. The molecule has 0 radical (unpaired) electrons. The van der Waals surface area contributed by atoms with Gasteiger partial charge in [0, 0.05) is 12.6 Å². The van der Waals surface area contributed by atoms with Crippen LogP contribution in [0.1, 0.15) is 69.4 Å². The van der Waals surface area contributed by atoms with Crippen molar-refractivity contribution >= 4 is 23.0 Å². The minimum absolute atomic E-state index is 0.192. The number of aromatic nitrogens is 4. The molecule has 2 fully saturated rings. The number of aromatic carboxylic acids is 1. The summed E-state index contributed by atoms with van der Waals surface area (Å²) in [4.78, 5) is 24.4. The SMILES string of the molecule is CC1CCC(Cn2cnc3nc(C(=O)O)nc(N[C@H](C)C4CCC4)c32)CC1. The Balaban J connectivity index is 1.64. The summed E-state index contributed by atoms with van der Waals surface area (Å²) in [5.74, 6) is 1.38. The Morgan fingerprint density at radius 1 is 1.26 bits per heavy atom. The van der Waals surface area contributed by atoms with Gasteiger partial charge in [0.1, 0.15) is 5.52 Å². The van der Waals surface area contributed by atoms with Crippen LogP contribution in [0, 0.1) is 17.8 Å². The molecule has 2 N–H and O–H groups in total. The van der Waals surface area contributed by atoms with Crippen LogP contribution in [-0.2, 0) is 6.54 Å². The van der Waals surface area contributed by atoms with Crippen LogP contribution in [0.4, 0.5) is 5.82 Å². The number of carbonyl (C=O) groups is 1. The second-order valence-corrected chi connectivity index (χ2v) is 8.52. The number of imidazole rings is 1. The summed E-state index contributed by atoms with van der Waals surface area (Å²) < 4.78 is 2.12. The third-order valence-electron chi connectivity index (χ3n) is 6.48. The fourth-order valence-electron chi connectivity index (χ4n) is 4.38. The van der Waals surface area contributed by atoms with Crippen LogP contribution in [0.3, 0.4) is 0 Å². The molecule has 2 aromatic heterocycles. The molecule has 2 aliphatic carbocycles. The lowest BCUT2D eigenvalue weighted by atomic mass is 9.80. The van der Waals surface area contributed by atoms with Gasteiger partial charge >= 0.3 is 5.97 Å². The van der Waals surface area contributed by atoms with Crippen molar-refractivity contribution in [2.45, 2.75) is 71.4 Å². The fourth-order valence-corrected chi connectivity index (χ4v) is 4.38. The van der Waals surface area contributed by atoms with Crippen molar-refractivity contribution in [3.05, 3.63) is 12.2 Å². The van der Waals surface area contributed by atoms with Gasteiger partial charge in [-0.1, -0.05) is 26.2 Å². The van der Waals surface area contributed by atoms with E-state index in [9.17, 15) is 9.90 Å². The number of anilines is 1. The molecule has 7 heteroatoms. The van der Waals surface area contributed by atoms with Gasteiger partial charge in [0.25, 0.3) is 0 Å². The van der Waals surface area contributed by atoms with Crippen molar-refractivity contribution < 1.29 is 9.90 Å². The zero-order valence-corrected chi connectivity index (χ0v) is 16.2. The van der Waals surface area contributed by atoms with Crippen molar-refractivity contribution in [2.24, 2.45) is 17.8 Å². The first-order valence-electron chi connectivity index (χ1n) is 10.2. The smallest absolute Gasteiger partial charge is 0.374 e. The van der Waals surface area contributed by atoms with Crippen LogP contribution in [0.25, 0.3) is 11.2 Å². The Kier molecular flexibility index (Phi) is 5.02. The predicted octanol–water partition coefficient (Wildman–Crippen LogP) is 3.95. The maximum atomic E-state index is 11.5. The molecule has 0 aromatic carbocycles. The van der Waals surface area contributed by atoms with E-state index >= 15 is 0 Å². The largest absolute Gasteiger partial charge is 0.475 e. The number of nitrogens with zero attached hydrogens (tertiary/aromatic N) is 4. The zero-order valence-electron chi connectivity index (χ0n) is 16.2. The molecule has 1 atom stereocenters. The van der Waals surface area contributed by atoms with E-state index in [2.05, 4.69) is 38.7 Å². The Hall–Kier alpha value is -2.18. The molecule has 2 heterocycles. The van der Waals surface area contributed by atoms with Crippen molar-refractivity contribution in [3.63, 3.8) is 0 Å². The minimum Gasteiger partial charge on any atom is -0.475 e. The second kappa shape index (κ2) is 7.44. The van der Waals surface area contributed by atoms with Crippen LogP contribution in [0.2, 0.25) is 0 Å². The summed E-state index contributed by atoms with van der Waals surface area (Å²) in [5, 5.41) is 12.9. The third kappa shape index (κ3) is 3.77. The maximum Gasteiger partial charge on any atom is 0.374 e. The summed E-state index contributed by atoms with van der Waals surface area (Å²) in [5.41, 5.74) is 1.31. The van der Waals surface area contributed by atoms with E-state index in [1.165, 1.54) is 44.9 Å². The third-order valence-corrected chi connectivity index (χ3v) is 6.48. The molecular formula is C20H29N5O2.